The highest BCUT2D eigenvalue weighted by molar-refractivity contribution is 5.93. The van der Waals surface area contributed by atoms with Crippen LogP contribution < -0.4 is 9.64 Å². The standard InChI is InChI=1S/C20H22N6O2/c1-25(2)18-11-21-12-19(22-18)28-15-8-9-26(13-15)20(27)17-10-16(23-24-17)14-6-4-3-5-7-14/h3-7,10-12,15H,8-9,13H2,1-2H3,(H,23,24). The van der Waals surface area contributed by atoms with Crippen molar-refractivity contribution in [1.29, 1.82) is 0 Å². The van der Waals surface area contributed by atoms with Crippen LogP contribution in [0.1, 0.15) is 16.9 Å². The average Bonchev–Trinajstić information content (AvgIpc) is 3.38. The first-order valence-corrected chi connectivity index (χ1v) is 9.16. The van der Waals surface area contributed by atoms with Crippen molar-refractivity contribution >= 4 is 11.7 Å². The third-order valence-corrected chi connectivity index (χ3v) is 4.66. The number of ether oxygens (including phenoxy) is 1. The third kappa shape index (κ3) is 3.80. The molecule has 8 heteroatoms. The Kier molecular flexibility index (Phi) is 4.92. The van der Waals surface area contributed by atoms with E-state index in [0.717, 1.165) is 23.5 Å². The van der Waals surface area contributed by atoms with Gasteiger partial charge in [-0.05, 0) is 6.07 Å². The zero-order chi connectivity index (χ0) is 19.5. The number of carbonyl (C=O) groups excluding carboxylic acids is 1. The van der Waals surface area contributed by atoms with Gasteiger partial charge < -0.3 is 14.5 Å². The summed E-state index contributed by atoms with van der Waals surface area (Å²) in [7, 11) is 3.80. The Morgan fingerprint density at radius 2 is 2.07 bits per heavy atom. The quantitative estimate of drug-likeness (QED) is 0.733. The molecule has 0 aliphatic carbocycles. The van der Waals surface area contributed by atoms with E-state index in [1.54, 1.807) is 23.4 Å². The van der Waals surface area contributed by atoms with E-state index in [1.807, 2.05) is 49.3 Å². The van der Waals surface area contributed by atoms with E-state index in [-0.39, 0.29) is 12.0 Å². The Hall–Kier alpha value is -3.42. The summed E-state index contributed by atoms with van der Waals surface area (Å²) < 4.78 is 5.94. The predicted molar refractivity (Wildman–Crippen MR) is 105 cm³/mol. The van der Waals surface area contributed by atoms with E-state index in [4.69, 9.17) is 4.74 Å². The van der Waals surface area contributed by atoms with Crippen molar-refractivity contribution in [3.63, 3.8) is 0 Å². The first-order chi connectivity index (χ1) is 13.6. The largest absolute Gasteiger partial charge is 0.471 e. The number of aromatic nitrogens is 4. The Morgan fingerprint density at radius 3 is 2.86 bits per heavy atom. The van der Waals surface area contributed by atoms with Crippen LogP contribution in [-0.2, 0) is 0 Å². The molecule has 2 aromatic heterocycles. The lowest BCUT2D eigenvalue weighted by molar-refractivity contribution is 0.0765. The zero-order valence-corrected chi connectivity index (χ0v) is 15.9. The van der Waals surface area contributed by atoms with Crippen LogP contribution in [0.15, 0.2) is 48.8 Å². The molecule has 1 saturated heterocycles. The molecule has 1 amide bonds. The smallest absolute Gasteiger partial charge is 0.272 e. The molecule has 8 nitrogen and oxygen atoms in total. The van der Waals surface area contributed by atoms with Gasteiger partial charge in [0.15, 0.2) is 5.82 Å². The summed E-state index contributed by atoms with van der Waals surface area (Å²) in [6, 6.07) is 11.6. The molecule has 0 radical (unpaired) electrons. The first-order valence-electron chi connectivity index (χ1n) is 9.16. The van der Waals surface area contributed by atoms with Crippen LogP contribution in [-0.4, -0.2) is 64.3 Å². The van der Waals surface area contributed by atoms with Crippen molar-refractivity contribution in [2.75, 3.05) is 32.1 Å². The monoisotopic (exact) mass is 378 g/mol. The maximum absolute atomic E-state index is 12.8. The minimum atomic E-state index is -0.104. The number of nitrogens with zero attached hydrogens (tertiary/aromatic N) is 5. The molecule has 28 heavy (non-hydrogen) atoms. The molecule has 144 valence electrons. The van der Waals surface area contributed by atoms with Gasteiger partial charge in [-0.1, -0.05) is 30.3 Å². The van der Waals surface area contributed by atoms with Crippen LogP contribution in [0.5, 0.6) is 5.88 Å². The fourth-order valence-corrected chi connectivity index (χ4v) is 3.15. The van der Waals surface area contributed by atoms with Crippen molar-refractivity contribution in [2.45, 2.75) is 12.5 Å². The lowest BCUT2D eigenvalue weighted by atomic mass is 10.1. The number of anilines is 1. The molecule has 3 heterocycles. The summed E-state index contributed by atoms with van der Waals surface area (Å²) in [5.41, 5.74) is 2.21. The molecule has 3 aromatic rings. The van der Waals surface area contributed by atoms with Crippen molar-refractivity contribution < 1.29 is 9.53 Å². The molecular formula is C20H22N6O2. The second kappa shape index (κ2) is 7.67. The van der Waals surface area contributed by atoms with E-state index in [1.165, 1.54) is 0 Å². The summed E-state index contributed by atoms with van der Waals surface area (Å²) in [4.78, 5) is 25.0. The van der Waals surface area contributed by atoms with E-state index < -0.39 is 0 Å². The predicted octanol–water partition coefficient (Wildman–Crippen LogP) is 2.23. The van der Waals surface area contributed by atoms with Gasteiger partial charge in [0.2, 0.25) is 5.88 Å². The molecule has 1 fully saturated rings. The Labute approximate surface area is 163 Å². The van der Waals surface area contributed by atoms with Gasteiger partial charge in [0.25, 0.3) is 5.91 Å². The van der Waals surface area contributed by atoms with E-state index in [0.29, 0.717) is 24.7 Å². The Morgan fingerprint density at radius 1 is 1.25 bits per heavy atom. The van der Waals surface area contributed by atoms with Gasteiger partial charge in [0, 0.05) is 32.6 Å². The second-order valence-electron chi connectivity index (χ2n) is 6.92. The van der Waals surface area contributed by atoms with E-state index >= 15 is 0 Å². The van der Waals surface area contributed by atoms with Crippen molar-refractivity contribution in [2.24, 2.45) is 0 Å². The van der Waals surface area contributed by atoms with Crippen LogP contribution in [0.3, 0.4) is 0 Å². The Bertz CT molecular complexity index is 956. The molecule has 0 saturated carbocycles. The molecular weight excluding hydrogens is 356 g/mol. The molecule has 1 aliphatic rings. The van der Waals surface area contributed by atoms with Crippen LogP contribution >= 0.6 is 0 Å². The molecule has 1 atom stereocenters. The van der Waals surface area contributed by atoms with Crippen LogP contribution in [0.4, 0.5) is 5.82 Å². The number of rotatable bonds is 5. The number of carbonyl (C=O) groups is 1. The number of likely N-dealkylation sites (tertiary alicyclic amines) is 1. The summed E-state index contributed by atoms with van der Waals surface area (Å²) in [6.45, 7) is 1.14. The summed E-state index contributed by atoms with van der Waals surface area (Å²) in [6.07, 6.45) is 3.92. The van der Waals surface area contributed by atoms with Crippen LogP contribution in [0.2, 0.25) is 0 Å². The summed E-state index contributed by atoms with van der Waals surface area (Å²) in [5.74, 6) is 1.13. The van der Waals surface area contributed by atoms with Gasteiger partial charge in [0.1, 0.15) is 11.8 Å². The molecule has 0 spiro atoms. The molecule has 1 aromatic carbocycles. The highest BCUT2D eigenvalue weighted by atomic mass is 16.5. The highest BCUT2D eigenvalue weighted by Crippen LogP contribution is 2.21. The van der Waals surface area contributed by atoms with Gasteiger partial charge >= 0.3 is 0 Å². The van der Waals surface area contributed by atoms with Crippen LogP contribution in [0, 0.1) is 0 Å². The molecule has 1 N–H and O–H groups in total. The van der Waals surface area contributed by atoms with Gasteiger partial charge in [-0.25, -0.2) is 0 Å². The normalized spacial score (nSPS) is 16.2. The number of aromatic amines is 1. The second-order valence-corrected chi connectivity index (χ2v) is 6.92. The number of hydrogen-bond donors (Lipinski definition) is 1. The lowest BCUT2D eigenvalue weighted by Crippen LogP contribution is -2.31. The van der Waals surface area contributed by atoms with Gasteiger partial charge in [-0.15, -0.1) is 0 Å². The maximum Gasteiger partial charge on any atom is 0.272 e. The van der Waals surface area contributed by atoms with Gasteiger partial charge in [0.05, 0.1) is 24.6 Å². The lowest BCUT2D eigenvalue weighted by Gasteiger charge is -2.17. The number of benzene rings is 1. The highest BCUT2D eigenvalue weighted by Gasteiger charge is 2.29. The molecule has 0 bridgehead atoms. The minimum absolute atomic E-state index is 0.0751. The van der Waals surface area contributed by atoms with E-state index in [2.05, 4.69) is 20.2 Å². The SMILES string of the molecule is CN(C)c1cncc(OC2CCN(C(=O)c3cc(-c4ccccc4)n[nH]3)C2)n1. The number of hydrogen-bond acceptors (Lipinski definition) is 6. The zero-order valence-electron chi connectivity index (χ0n) is 15.9. The van der Waals surface area contributed by atoms with Gasteiger partial charge in [-0.2, -0.15) is 10.1 Å². The topological polar surface area (TPSA) is 87.2 Å². The average molecular weight is 378 g/mol. The van der Waals surface area contributed by atoms with Crippen LogP contribution in [0.25, 0.3) is 11.3 Å². The summed E-state index contributed by atoms with van der Waals surface area (Å²) >= 11 is 0. The van der Waals surface area contributed by atoms with Gasteiger partial charge in [-0.3, -0.25) is 14.9 Å². The van der Waals surface area contributed by atoms with Crippen molar-refractivity contribution in [3.05, 3.63) is 54.5 Å². The summed E-state index contributed by atoms with van der Waals surface area (Å²) in [5, 5.41) is 7.12. The number of H-pyrrole nitrogens is 1. The molecule has 1 unspecified atom stereocenters. The van der Waals surface area contributed by atoms with Crippen molar-refractivity contribution in [3.8, 4) is 17.1 Å². The third-order valence-electron chi connectivity index (χ3n) is 4.66. The number of amides is 1. The molecule has 4 rings (SSSR count). The minimum Gasteiger partial charge on any atom is -0.471 e. The molecule has 1 aliphatic heterocycles. The van der Waals surface area contributed by atoms with E-state index in [9.17, 15) is 4.79 Å². The first kappa shape index (κ1) is 18.0. The van der Waals surface area contributed by atoms with Crippen molar-refractivity contribution in [1.82, 2.24) is 25.1 Å². The fourth-order valence-electron chi connectivity index (χ4n) is 3.15. The number of nitrogens with one attached hydrogen (secondary N) is 1. The fraction of sp³-hybridized carbons (Fsp3) is 0.300. The Balaban J connectivity index is 1.40. The maximum atomic E-state index is 12.8.